The van der Waals surface area contributed by atoms with Crippen molar-refractivity contribution in [3.63, 3.8) is 0 Å². The summed E-state index contributed by atoms with van der Waals surface area (Å²) < 4.78 is 28.2. The van der Waals surface area contributed by atoms with Gasteiger partial charge in [-0.15, -0.1) is 0 Å². The largest absolute Gasteiger partial charge is 0.435 e. The van der Waals surface area contributed by atoms with Crippen LogP contribution in [0.25, 0.3) is 0 Å². The maximum atomic E-state index is 12.0. The summed E-state index contributed by atoms with van der Waals surface area (Å²) >= 11 is 4.96. The van der Waals surface area contributed by atoms with Crippen LogP contribution in [0.5, 0.6) is 5.75 Å². The lowest BCUT2D eigenvalue weighted by atomic mass is 10.1. The Morgan fingerprint density at radius 2 is 2.00 bits per heavy atom. The summed E-state index contributed by atoms with van der Waals surface area (Å²) in [5.41, 5.74) is 4.16. The summed E-state index contributed by atoms with van der Waals surface area (Å²) in [6.45, 7) is 1.59. The van der Waals surface area contributed by atoms with Crippen molar-refractivity contribution in [1.82, 2.24) is 10.7 Å². The molecule has 0 amide bonds. The molecule has 0 aromatic heterocycles. The van der Waals surface area contributed by atoms with E-state index in [1.54, 1.807) is 19.1 Å². The van der Waals surface area contributed by atoms with E-state index in [0.29, 0.717) is 17.4 Å². The van der Waals surface area contributed by atoms with E-state index >= 15 is 0 Å². The first-order chi connectivity index (χ1) is 9.02. The summed E-state index contributed by atoms with van der Waals surface area (Å²) in [6, 6.07) is 6.22. The Kier molecular flexibility index (Phi) is 6.14. The van der Waals surface area contributed by atoms with E-state index in [9.17, 15) is 8.78 Å². The molecule has 0 unspecified atom stereocenters. The minimum atomic E-state index is -2.82. The molecule has 2 N–H and O–H groups in total. The minimum Gasteiger partial charge on any atom is -0.435 e. The lowest BCUT2D eigenvalue weighted by Crippen LogP contribution is -2.32. The number of hydrogen-bond acceptors (Lipinski definition) is 3. The van der Waals surface area contributed by atoms with Gasteiger partial charge in [0.1, 0.15) is 5.75 Å². The van der Waals surface area contributed by atoms with Crippen LogP contribution in [-0.4, -0.2) is 24.0 Å². The number of thiocarbonyl (C=S) groups is 1. The fourth-order valence-corrected chi connectivity index (χ4v) is 1.47. The summed E-state index contributed by atoms with van der Waals surface area (Å²) in [4.78, 5) is 0. The Hall–Kier alpha value is -1.76. The molecule has 0 saturated carbocycles. The van der Waals surface area contributed by atoms with Gasteiger partial charge in [-0.1, -0.05) is 0 Å². The van der Waals surface area contributed by atoms with Crippen LogP contribution < -0.4 is 15.5 Å². The fraction of sp³-hybridized carbons (Fsp3) is 0.333. The highest BCUT2D eigenvalue weighted by Crippen LogP contribution is 2.15. The second-order valence-electron chi connectivity index (χ2n) is 3.57. The highest BCUT2D eigenvalue weighted by atomic mass is 32.1. The smallest absolute Gasteiger partial charge is 0.387 e. The molecule has 1 aromatic rings. The van der Waals surface area contributed by atoms with E-state index in [-0.39, 0.29) is 5.75 Å². The Morgan fingerprint density at radius 3 is 2.53 bits per heavy atom. The van der Waals surface area contributed by atoms with Crippen molar-refractivity contribution in [2.75, 3.05) is 6.54 Å². The van der Waals surface area contributed by atoms with Crippen LogP contribution in [0.1, 0.15) is 19.4 Å². The molecular formula is C12H15F2N3OS. The Bertz CT molecular complexity index is 449. The van der Waals surface area contributed by atoms with Gasteiger partial charge in [0.15, 0.2) is 5.11 Å². The second kappa shape index (κ2) is 7.63. The maximum Gasteiger partial charge on any atom is 0.387 e. The zero-order valence-corrected chi connectivity index (χ0v) is 11.4. The molecule has 4 nitrogen and oxygen atoms in total. The third-order valence-electron chi connectivity index (χ3n) is 2.16. The first-order valence-corrected chi connectivity index (χ1v) is 6.07. The molecule has 0 atom stereocenters. The van der Waals surface area contributed by atoms with E-state index in [0.717, 1.165) is 5.56 Å². The minimum absolute atomic E-state index is 0.114. The number of hydrogen-bond donors (Lipinski definition) is 2. The third kappa shape index (κ3) is 5.60. The van der Waals surface area contributed by atoms with Gasteiger partial charge in [-0.25, -0.2) is 0 Å². The monoisotopic (exact) mass is 287 g/mol. The van der Waals surface area contributed by atoms with Gasteiger partial charge in [-0.3, -0.25) is 5.43 Å². The SMILES string of the molecule is CCNC(=S)NN=C(C)c1ccc(OC(F)F)cc1. The van der Waals surface area contributed by atoms with Crippen LogP contribution >= 0.6 is 12.2 Å². The van der Waals surface area contributed by atoms with Crippen molar-refractivity contribution in [1.29, 1.82) is 0 Å². The number of nitrogens with zero attached hydrogens (tertiary/aromatic N) is 1. The fourth-order valence-electron chi connectivity index (χ4n) is 1.28. The van der Waals surface area contributed by atoms with Crippen molar-refractivity contribution >= 4 is 23.0 Å². The number of hydrazone groups is 1. The predicted octanol–water partition coefficient (Wildman–Crippen LogP) is 2.50. The van der Waals surface area contributed by atoms with Gasteiger partial charge in [0, 0.05) is 6.54 Å². The zero-order chi connectivity index (χ0) is 14.3. The molecule has 19 heavy (non-hydrogen) atoms. The molecule has 1 aromatic carbocycles. The lowest BCUT2D eigenvalue weighted by molar-refractivity contribution is -0.0498. The highest BCUT2D eigenvalue weighted by Gasteiger charge is 2.04. The van der Waals surface area contributed by atoms with Crippen molar-refractivity contribution in [2.24, 2.45) is 5.10 Å². The van der Waals surface area contributed by atoms with Crippen LogP contribution in [0.15, 0.2) is 29.4 Å². The van der Waals surface area contributed by atoms with E-state index in [4.69, 9.17) is 12.2 Å². The number of alkyl halides is 2. The normalized spacial score (nSPS) is 11.3. The number of benzene rings is 1. The van der Waals surface area contributed by atoms with Gasteiger partial charge in [0.2, 0.25) is 0 Å². The van der Waals surface area contributed by atoms with Gasteiger partial charge < -0.3 is 10.1 Å². The predicted molar refractivity (Wildman–Crippen MR) is 74.7 cm³/mol. The summed E-state index contributed by atoms with van der Waals surface area (Å²) in [6.07, 6.45) is 0. The number of nitrogens with one attached hydrogen (secondary N) is 2. The Labute approximate surface area is 115 Å². The molecular weight excluding hydrogens is 272 g/mol. The van der Waals surface area contributed by atoms with E-state index in [1.165, 1.54) is 12.1 Å². The summed E-state index contributed by atoms with van der Waals surface area (Å²) in [7, 11) is 0. The van der Waals surface area contributed by atoms with Crippen molar-refractivity contribution < 1.29 is 13.5 Å². The molecule has 1 rings (SSSR count). The molecule has 0 aliphatic carbocycles. The van der Waals surface area contributed by atoms with E-state index < -0.39 is 6.61 Å². The van der Waals surface area contributed by atoms with Gasteiger partial charge in [0.25, 0.3) is 0 Å². The molecule has 0 spiro atoms. The Balaban J connectivity index is 2.64. The summed E-state index contributed by atoms with van der Waals surface area (Å²) in [5, 5.41) is 7.40. The standard InChI is InChI=1S/C12H15F2N3OS/c1-3-15-12(19)17-16-8(2)9-4-6-10(7-5-9)18-11(13)14/h4-7,11H,3H2,1-2H3,(H2,15,17,19). The average Bonchev–Trinajstić information content (AvgIpc) is 2.36. The summed E-state index contributed by atoms with van der Waals surface area (Å²) in [5.74, 6) is 0.114. The zero-order valence-electron chi connectivity index (χ0n) is 10.6. The highest BCUT2D eigenvalue weighted by molar-refractivity contribution is 7.80. The number of rotatable bonds is 5. The molecule has 0 heterocycles. The Morgan fingerprint density at radius 1 is 1.37 bits per heavy atom. The molecule has 0 radical (unpaired) electrons. The van der Waals surface area contributed by atoms with Crippen molar-refractivity contribution in [3.05, 3.63) is 29.8 Å². The molecule has 104 valence electrons. The van der Waals surface area contributed by atoms with Gasteiger partial charge in [-0.05, 0) is 55.9 Å². The molecule has 0 saturated heterocycles. The first kappa shape index (κ1) is 15.3. The van der Waals surface area contributed by atoms with E-state index in [2.05, 4.69) is 20.6 Å². The number of halogens is 2. The van der Waals surface area contributed by atoms with Crippen molar-refractivity contribution in [3.8, 4) is 5.75 Å². The second-order valence-corrected chi connectivity index (χ2v) is 3.98. The molecule has 0 aliphatic heterocycles. The molecule has 0 fully saturated rings. The topological polar surface area (TPSA) is 45.7 Å². The van der Waals surface area contributed by atoms with Crippen LogP contribution in [0.3, 0.4) is 0 Å². The molecule has 7 heteroatoms. The molecule has 0 bridgehead atoms. The van der Waals surface area contributed by atoms with Crippen molar-refractivity contribution in [2.45, 2.75) is 20.5 Å². The first-order valence-electron chi connectivity index (χ1n) is 5.66. The van der Waals surface area contributed by atoms with Gasteiger partial charge in [-0.2, -0.15) is 13.9 Å². The van der Waals surface area contributed by atoms with Gasteiger partial charge >= 0.3 is 6.61 Å². The van der Waals surface area contributed by atoms with Crippen LogP contribution in [0.2, 0.25) is 0 Å². The number of ether oxygens (including phenoxy) is 1. The van der Waals surface area contributed by atoms with Crippen LogP contribution in [-0.2, 0) is 0 Å². The van der Waals surface area contributed by atoms with Crippen LogP contribution in [0, 0.1) is 0 Å². The maximum absolute atomic E-state index is 12.0. The quantitative estimate of drug-likeness (QED) is 0.496. The van der Waals surface area contributed by atoms with Crippen LogP contribution in [0.4, 0.5) is 8.78 Å². The third-order valence-corrected chi connectivity index (χ3v) is 2.40. The molecule has 0 aliphatic rings. The average molecular weight is 287 g/mol. The van der Waals surface area contributed by atoms with E-state index in [1.807, 2.05) is 6.92 Å². The lowest BCUT2D eigenvalue weighted by Gasteiger charge is -2.07. The van der Waals surface area contributed by atoms with Gasteiger partial charge in [0.05, 0.1) is 5.71 Å².